The molecule has 0 aromatic rings. The van der Waals surface area contributed by atoms with E-state index < -0.39 is 5.97 Å². The Morgan fingerprint density at radius 3 is 1.55 bits per heavy atom. The van der Waals surface area contributed by atoms with E-state index in [1.54, 1.807) is 0 Å². The minimum atomic E-state index is -0.715. The van der Waals surface area contributed by atoms with Gasteiger partial charge in [-0.2, -0.15) is 0 Å². The van der Waals surface area contributed by atoms with E-state index >= 15 is 0 Å². The predicted octanol–water partition coefficient (Wildman–Crippen LogP) is 5.99. The summed E-state index contributed by atoms with van der Waals surface area (Å²) in [6.45, 7) is 2.14. The van der Waals surface area contributed by atoms with Gasteiger partial charge in [0, 0.05) is 6.42 Å². The third-order valence-electron chi connectivity index (χ3n) is 2.92. The van der Waals surface area contributed by atoms with Crippen LogP contribution in [0.4, 0.5) is 0 Å². The number of allylic oxidation sites excluding steroid dienone is 10. The van der Waals surface area contributed by atoms with Gasteiger partial charge in [-0.25, -0.2) is 0 Å². The van der Waals surface area contributed by atoms with E-state index in [2.05, 4.69) is 67.7 Å². The van der Waals surface area contributed by atoms with Gasteiger partial charge in [0.15, 0.2) is 0 Å². The van der Waals surface area contributed by atoms with E-state index in [4.69, 9.17) is 5.11 Å². The third-order valence-corrected chi connectivity index (χ3v) is 2.92. The lowest BCUT2D eigenvalue weighted by molar-refractivity contribution is -0.137. The second-order valence-corrected chi connectivity index (χ2v) is 4.99. The Morgan fingerprint density at radius 1 is 0.727 bits per heavy atom. The molecule has 0 bridgehead atoms. The maximum atomic E-state index is 10.3. The Morgan fingerprint density at radius 2 is 1.14 bits per heavy atom. The van der Waals surface area contributed by atoms with Crippen molar-refractivity contribution >= 4 is 5.97 Å². The average molecular weight is 302 g/mol. The van der Waals surface area contributed by atoms with Crippen LogP contribution in [0.5, 0.6) is 0 Å². The van der Waals surface area contributed by atoms with E-state index in [0.717, 1.165) is 44.9 Å². The highest BCUT2D eigenvalue weighted by atomic mass is 16.4. The first kappa shape index (κ1) is 20.2. The lowest BCUT2D eigenvalue weighted by atomic mass is 10.2. The zero-order valence-electron chi connectivity index (χ0n) is 13.8. The molecule has 0 aliphatic rings. The fraction of sp³-hybridized carbons (Fsp3) is 0.450. The molecule has 0 aliphatic heterocycles. The first-order valence-electron chi connectivity index (χ1n) is 8.24. The SMILES string of the molecule is CC/C=C/C/C=C/C/C=C/C/C=C\C/C=C\CCCC(=O)O. The molecule has 0 aromatic carbocycles. The molecular weight excluding hydrogens is 272 g/mol. The minimum Gasteiger partial charge on any atom is -0.481 e. The first-order valence-corrected chi connectivity index (χ1v) is 8.24. The molecule has 0 aromatic heterocycles. The largest absolute Gasteiger partial charge is 0.481 e. The number of carboxylic acid groups (broad SMARTS) is 1. The second kappa shape index (κ2) is 17.2. The lowest BCUT2D eigenvalue weighted by Gasteiger charge is -1.89. The van der Waals surface area contributed by atoms with Crippen LogP contribution in [0.25, 0.3) is 0 Å². The van der Waals surface area contributed by atoms with Crippen molar-refractivity contribution < 1.29 is 9.90 Å². The fourth-order valence-corrected chi connectivity index (χ4v) is 1.74. The van der Waals surface area contributed by atoms with Gasteiger partial charge in [0.1, 0.15) is 0 Å². The summed E-state index contributed by atoms with van der Waals surface area (Å²) in [6, 6.07) is 0. The highest BCUT2D eigenvalue weighted by molar-refractivity contribution is 5.66. The van der Waals surface area contributed by atoms with Gasteiger partial charge < -0.3 is 5.11 Å². The summed E-state index contributed by atoms with van der Waals surface area (Å²) in [4.78, 5) is 10.3. The van der Waals surface area contributed by atoms with Gasteiger partial charge in [0.25, 0.3) is 0 Å². The van der Waals surface area contributed by atoms with Crippen LogP contribution in [0.1, 0.15) is 58.3 Å². The van der Waals surface area contributed by atoms with Crippen LogP contribution in [0.3, 0.4) is 0 Å². The van der Waals surface area contributed by atoms with Gasteiger partial charge in [0.2, 0.25) is 0 Å². The first-order chi connectivity index (χ1) is 10.8. The smallest absolute Gasteiger partial charge is 0.303 e. The van der Waals surface area contributed by atoms with E-state index in [1.807, 2.05) is 0 Å². The molecule has 0 radical (unpaired) electrons. The summed E-state index contributed by atoms with van der Waals surface area (Å²) < 4.78 is 0. The third kappa shape index (κ3) is 18.2. The molecule has 2 nitrogen and oxygen atoms in total. The average Bonchev–Trinajstić information content (AvgIpc) is 2.50. The molecule has 0 atom stereocenters. The molecule has 0 heterocycles. The van der Waals surface area contributed by atoms with Gasteiger partial charge >= 0.3 is 5.97 Å². The summed E-state index contributed by atoms with van der Waals surface area (Å²) in [5, 5.41) is 8.49. The Labute approximate surface area is 135 Å². The number of hydrogen-bond donors (Lipinski definition) is 1. The number of unbranched alkanes of at least 4 members (excludes halogenated alkanes) is 1. The molecule has 0 fully saturated rings. The molecule has 0 amide bonds. The van der Waals surface area contributed by atoms with Crippen molar-refractivity contribution in [1.82, 2.24) is 0 Å². The van der Waals surface area contributed by atoms with E-state index in [9.17, 15) is 4.79 Å². The van der Waals surface area contributed by atoms with Crippen LogP contribution >= 0.6 is 0 Å². The van der Waals surface area contributed by atoms with Crippen molar-refractivity contribution in [3.8, 4) is 0 Å². The Kier molecular flexibility index (Phi) is 15.8. The summed E-state index contributed by atoms with van der Waals surface area (Å²) >= 11 is 0. The zero-order chi connectivity index (χ0) is 16.3. The van der Waals surface area contributed by atoms with Crippen molar-refractivity contribution in [2.75, 3.05) is 0 Å². The molecule has 0 unspecified atom stereocenters. The van der Waals surface area contributed by atoms with Crippen LogP contribution in [0.15, 0.2) is 60.8 Å². The molecule has 0 rings (SSSR count). The van der Waals surface area contributed by atoms with Crippen LogP contribution in [0.2, 0.25) is 0 Å². The van der Waals surface area contributed by atoms with Gasteiger partial charge in [-0.15, -0.1) is 0 Å². The van der Waals surface area contributed by atoms with Crippen molar-refractivity contribution in [3.05, 3.63) is 60.8 Å². The molecule has 0 aliphatic carbocycles. The van der Waals surface area contributed by atoms with Crippen LogP contribution in [-0.4, -0.2) is 11.1 Å². The number of carboxylic acids is 1. The molecule has 0 saturated carbocycles. The number of rotatable bonds is 13. The Balaban J connectivity index is 3.46. The van der Waals surface area contributed by atoms with Crippen molar-refractivity contribution in [2.24, 2.45) is 0 Å². The summed E-state index contributed by atoms with van der Waals surface area (Å²) in [5.41, 5.74) is 0. The molecule has 22 heavy (non-hydrogen) atoms. The number of carbonyl (C=O) groups is 1. The van der Waals surface area contributed by atoms with Crippen LogP contribution in [-0.2, 0) is 4.79 Å². The Bertz CT molecular complexity index is 398. The van der Waals surface area contributed by atoms with Gasteiger partial charge in [-0.3, -0.25) is 4.79 Å². The van der Waals surface area contributed by atoms with E-state index in [0.29, 0.717) is 0 Å². The minimum absolute atomic E-state index is 0.258. The van der Waals surface area contributed by atoms with Crippen molar-refractivity contribution in [2.45, 2.75) is 58.3 Å². The maximum absolute atomic E-state index is 10.3. The molecular formula is C20H30O2. The lowest BCUT2D eigenvalue weighted by Crippen LogP contribution is -1.92. The summed E-state index contributed by atoms with van der Waals surface area (Å²) in [5.74, 6) is -0.715. The van der Waals surface area contributed by atoms with Crippen LogP contribution < -0.4 is 0 Å². The molecule has 2 heteroatoms. The van der Waals surface area contributed by atoms with E-state index in [-0.39, 0.29) is 6.42 Å². The molecule has 0 spiro atoms. The predicted molar refractivity (Wildman–Crippen MR) is 95.9 cm³/mol. The summed E-state index contributed by atoms with van der Waals surface area (Å²) in [6.07, 6.45) is 28.4. The van der Waals surface area contributed by atoms with Crippen molar-refractivity contribution in [3.63, 3.8) is 0 Å². The molecule has 0 saturated heterocycles. The quantitative estimate of drug-likeness (QED) is 0.335. The zero-order valence-corrected chi connectivity index (χ0v) is 13.8. The van der Waals surface area contributed by atoms with Gasteiger partial charge in [0.05, 0.1) is 0 Å². The van der Waals surface area contributed by atoms with Crippen molar-refractivity contribution in [1.29, 1.82) is 0 Å². The highest BCUT2D eigenvalue weighted by Gasteiger charge is 1.92. The van der Waals surface area contributed by atoms with E-state index in [1.165, 1.54) is 0 Å². The van der Waals surface area contributed by atoms with Gasteiger partial charge in [-0.05, 0) is 44.9 Å². The monoisotopic (exact) mass is 302 g/mol. The topological polar surface area (TPSA) is 37.3 Å². The normalized spacial score (nSPS) is 12.8. The fourth-order valence-electron chi connectivity index (χ4n) is 1.74. The van der Waals surface area contributed by atoms with Crippen LogP contribution in [0, 0.1) is 0 Å². The summed E-state index contributed by atoms with van der Waals surface area (Å²) in [7, 11) is 0. The standard InChI is InChI=1S/C20H30O2/c1-2-3-4-5-6-7-8-9-10-11-12-13-14-15-16-17-18-19-20(21)22/h3-4,6-7,9-10,12-13,15-16H,2,5,8,11,14,17-19H2,1H3,(H,21,22)/b4-3+,7-6+,10-9+,13-12-,16-15-. The molecule has 1 N–H and O–H groups in total. The van der Waals surface area contributed by atoms with Gasteiger partial charge in [-0.1, -0.05) is 67.7 Å². The maximum Gasteiger partial charge on any atom is 0.303 e. The Hall–Kier alpha value is -1.83. The highest BCUT2D eigenvalue weighted by Crippen LogP contribution is 1.99. The molecule has 122 valence electrons. The second-order valence-electron chi connectivity index (χ2n) is 4.99. The number of hydrogen-bond acceptors (Lipinski definition) is 1. The number of aliphatic carboxylic acids is 1.